The summed E-state index contributed by atoms with van der Waals surface area (Å²) in [5.74, 6) is 0.543. The lowest BCUT2D eigenvalue weighted by Crippen LogP contribution is -1.98. The lowest BCUT2D eigenvalue weighted by Gasteiger charge is -2.15. The van der Waals surface area contributed by atoms with Gasteiger partial charge in [0.05, 0.1) is 12.7 Å². The van der Waals surface area contributed by atoms with Crippen molar-refractivity contribution in [2.75, 3.05) is 7.11 Å². The maximum absolute atomic E-state index is 14.1. The van der Waals surface area contributed by atoms with Crippen molar-refractivity contribution in [3.63, 3.8) is 0 Å². The van der Waals surface area contributed by atoms with Crippen molar-refractivity contribution in [3.8, 4) is 16.9 Å². The lowest BCUT2D eigenvalue weighted by atomic mass is 9.94. The van der Waals surface area contributed by atoms with Gasteiger partial charge in [0.2, 0.25) is 0 Å². The summed E-state index contributed by atoms with van der Waals surface area (Å²) in [7, 11) is 1.55. The molecule has 0 spiro atoms. The SMILES string of the molecule is COc1cccc(F)c1-c1cnccc1C(C)C. The molecule has 0 aliphatic carbocycles. The minimum Gasteiger partial charge on any atom is -0.496 e. The zero-order valence-corrected chi connectivity index (χ0v) is 10.8. The Balaban J connectivity index is 2.69. The van der Waals surface area contributed by atoms with Crippen LogP contribution in [0.3, 0.4) is 0 Å². The highest BCUT2D eigenvalue weighted by molar-refractivity contribution is 5.73. The van der Waals surface area contributed by atoms with Crippen molar-refractivity contribution in [1.82, 2.24) is 4.98 Å². The number of aromatic nitrogens is 1. The molecular weight excluding hydrogens is 229 g/mol. The lowest BCUT2D eigenvalue weighted by molar-refractivity contribution is 0.413. The molecule has 1 heterocycles. The number of rotatable bonds is 3. The summed E-state index contributed by atoms with van der Waals surface area (Å²) in [6.45, 7) is 4.15. The van der Waals surface area contributed by atoms with Gasteiger partial charge in [0, 0.05) is 18.0 Å². The number of hydrogen-bond donors (Lipinski definition) is 0. The molecule has 18 heavy (non-hydrogen) atoms. The van der Waals surface area contributed by atoms with Crippen molar-refractivity contribution in [2.45, 2.75) is 19.8 Å². The second-order valence-electron chi connectivity index (χ2n) is 4.43. The molecule has 0 aliphatic rings. The molecule has 3 heteroatoms. The normalized spacial score (nSPS) is 10.7. The van der Waals surface area contributed by atoms with Gasteiger partial charge in [-0.1, -0.05) is 19.9 Å². The molecule has 94 valence electrons. The standard InChI is InChI=1S/C15H16FNO/c1-10(2)11-7-8-17-9-12(11)15-13(16)5-4-6-14(15)18-3/h4-10H,1-3H3. The molecule has 0 amide bonds. The minimum atomic E-state index is -0.288. The monoisotopic (exact) mass is 245 g/mol. The van der Waals surface area contributed by atoms with E-state index in [9.17, 15) is 4.39 Å². The average molecular weight is 245 g/mol. The quantitative estimate of drug-likeness (QED) is 0.814. The Labute approximate surface area is 106 Å². The number of pyridine rings is 1. The summed E-state index contributed by atoms with van der Waals surface area (Å²) < 4.78 is 19.3. The van der Waals surface area contributed by atoms with E-state index in [4.69, 9.17) is 4.74 Å². The van der Waals surface area contributed by atoms with Gasteiger partial charge in [-0.05, 0) is 29.7 Å². The Morgan fingerprint density at radius 1 is 1.22 bits per heavy atom. The van der Waals surface area contributed by atoms with Crippen LogP contribution in [0.1, 0.15) is 25.3 Å². The van der Waals surface area contributed by atoms with Crippen LogP contribution in [0, 0.1) is 5.82 Å². The van der Waals surface area contributed by atoms with Gasteiger partial charge in [-0.2, -0.15) is 0 Å². The largest absolute Gasteiger partial charge is 0.496 e. The van der Waals surface area contributed by atoms with Crippen LogP contribution >= 0.6 is 0 Å². The molecule has 1 aromatic carbocycles. The summed E-state index contributed by atoms with van der Waals surface area (Å²) in [5.41, 5.74) is 2.34. The Bertz CT molecular complexity index is 552. The van der Waals surface area contributed by atoms with E-state index in [0.29, 0.717) is 17.2 Å². The Hall–Kier alpha value is -1.90. The van der Waals surface area contributed by atoms with E-state index >= 15 is 0 Å². The molecule has 0 radical (unpaired) electrons. The van der Waals surface area contributed by atoms with E-state index in [0.717, 1.165) is 11.1 Å². The third kappa shape index (κ3) is 2.21. The first kappa shape index (κ1) is 12.6. The molecule has 0 aliphatic heterocycles. The third-order valence-corrected chi connectivity index (χ3v) is 2.94. The Kier molecular flexibility index (Phi) is 3.60. The third-order valence-electron chi connectivity index (χ3n) is 2.94. The number of halogens is 1. The first-order valence-corrected chi connectivity index (χ1v) is 5.92. The van der Waals surface area contributed by atoms with Gasteiger partial charge in [0.1, 0.15) is 11.6 Å². The number of hydrogen-bond acceptors (Lipinski definition) is 2. The molecule has 0 unspecified atom stereocenters. The van der Waals surface area contributed by atoms with E-state index in [2.05, 4.69) is 18.8 Å². The molecule has 0 atom stereocenters. The second kappa shape index (κ2) is 5.17. The highest BCUT2D eigenvalue weighted by atomic mass is 19.1. The summed E-state index contributed by atoms with van der Waals surface area (Å²) in [4.78, 5) is 4.10. The Morgan fingerprint density at radius 3 is 2.67 bits per heavy atom. The van der Waals surface area contributed by atoms with Gasteiger partial charge in [-0.15, -0.1) is 0 Å². The van der Waals surface area contributed by atoms with Crippen LogP contribution < -0.4 is 4.74 Å². The van der Waals surface area contributed by atoms with Gasteiger partial charge in [-0.3, -0.25) is 4.98 Å². The molecule has 0 saturated carbocycles. The van der Waals surface area contributed by atoms with Crippen LogP contribution in [0.2, 0.25) is 0 Å². The fraction of sp³-hybridized carbons (Fsp3) is 0.267. The average Bonchev–Trinajstić information content (AvgIpc) is 2.38. The van der Waals surface area contributed by atoms with Crippen LogP contribution in [0.4, 0.5) is 4.39 Å². The highest BCUT2D eigenvalue weighted by Gasteiger charge is 2.16. The van der Waals surface area contributed by atoms with Crippen molar-refractivity contribution < 1.29 is 9.13 Å². The predicted molar refractivity (Wildman–Crippen MR) is 70.3 cm³/mol. The summed E-state index contributed by atoms with van der Waals surface area (Å²) in [5, 5.41) is 0. The van der Waals surface area contributed by atoms with E-state index < -0.39 is 0 Å². The minimum absolute atomic E-state index is 0.288. The van der Waals surface area contributed by atoms with Crippen molar-refractivity contribution in [3.05, 3.63) is 48.0 Å². The summed E-state index contributed by atoms with van der Waals surface area (Å²) in [6.07, 6.45) is 3.42. The second-order valence-corrected chi connectivity index (χ2v) is 4.43. The van der Waals surface area contributed by atoms with Crippen LogP contribution in [0.5, 0.6) is 5.75 Å². The molecule has 2 nitrogen and oxygen atoms in total. The van der Waals surface area contributed by atoms with E-state index in [-0.39, 0.29) is 5.82 Å². The highest BCUT2D eigenvalue weighted by Crippen LogP contribution is 2.36. The van der Waals surface area contributed by atoms with Gasteiger partial charge in [0.15, 0.2) is 0 Å². The zero-order valence-electron chi connectivity index (χ0n) is 10.8. The molecule has 0 fully saturated rings. The molecular formula is C15H16FNO. The van der Waals surface area contributed by atoms with Gasteiger partial charge < -0.3 is 4.74 Å². The number of benzene rings is 1. The van der Waals surface area contributed by atoms with Gasteiger partial charge in [-0.25, -0.2) is 4.39 Å². The zero-order chi connectivity index (χ0) is 13.1. The van der Waals surface area contributed by atoms with Crippen molar-refractivity contribution in [1.29, 1.82) is 0 Å². The summed E-state index contributed by atoms with van der Waals surface area (Å²) in [6, 6.07) is 6.76. The smallest absolute Gasteiger partial charge is 0.134 e. The molecule has 0 N–H and O–H groups in total. The topological polar surface area (TPSA) is 22.1 Å². The van der Waals surface area contributed by atoms with Crippen LogP contribution in [-0.4, -0.2) is 12.1 Å². The molecule has 2 rings (SSSR count). The van der Waals surface area contributed by atoms with E-state index in [1.165, 1.54) is 6.07 Å². The maximum Gasteiger partial charge on any atom is 0.134 e. The van der Waals surface area contributed by atoms with Crippen LogP contribution in [-0.2, 0) is 0 Å². The maximum atomic E-state index is 14.1. The van der Waals surface area contributed by atoms with Crippen LogP contribution in [0.15, 0.2) is 36.7 Å². The predicted octanol–water partition coefficient (Wildman–Crippen LogP) is 4.02. The van der Waals surface area contributed by atoms with Crippen molar-refractivity contribution >= 4 is 0 Å². The fourth-order valence-electron chi connectivity index (χ4n) is 2.05. The number of methoxy groups -OCH3 is 1. The Morgan fingerprint density at radius 2 is 2.00 bits per heavy atom. The molecule has 2 aromatic rings. The molecule has 0 bridgehead atoms. The first-order chi connectivity index (χ1) is 8.65. The van der Waals surface area contributed by atoms with Gasteiger partial charge in [0.25, 0.3) is 0 Å². The van der Waals surface area contributed by atoms with E-state index in [1.807, 2.05) is 6.07 Å². The number of nitrogens with zero attached hydrogens (tertiary/aromatic N) is 1. The first-order valence-electron chi connectivity index (χ1n) is 5.92. The molecule has 0 saturated heterocycles. The number of ether oxygens (including phenoxy) is 1. The fourth-order valence-corrected chi connectivity index (χ4v) is 2.05. The van der Waals surface area contributed by atoms with Crippen molar-refractivity contribution in [2.24, 2.45) is 0 Å². The van der Waals surface area contributed by atoms with E-state index in [1.54, 1.807) is 31.6 Å². The summed E-state index contributed by atoms with van der Waals surface area (Å²) >= 11 is 0. The van der Waals surface area contributed by atoms with Crippen LogP contribution in [0.25, 0.3) is 11.1 Å². The van der Waals surface area contributed by atoms with Gasteiger partial charge >= 0.3 is 0 Å². The molecule has 1 aromatic heterocycles.